The quantitative estimate of drug-likeness (QED) is 0.530. The van der Waals surface area contributed by atoms with Gasteiger partial charge in [-0.3, -0.25) is 0 Å². The first-order valence-electron chi connectivity index (χ1n) is 3.70. The van der Waals surface area contributed by atoms with Crippen LogP contribution >= 0.6 is 11.6 Å². The highest BCUT2D eigenvalue weighted by molar-refractivity contribution is 6.30. The molecule has 0 aromatic heterocycles. The number of benzene rings is 1. The van der Waals surface area contributed by atoms with E-state index in [4.69, 9.17) is 21.1 Å². The van der Waals surface area contributed by atoms with Gasteiger partial charge in [-0.05, 0) is 25.1 Å². The molecule has 2 nitrogen and oxygen atoms in total. The van der Waals surface area contributed by atoms with Crippen LogP contribution in [0.2, 0.25) is 5.02 Å². The fourth-order valence-electron chi connectivity index (χ4n) is 0.701. The highest BCUT2D eigenvalue weighted by Gasteiger charge is 1.93. The highest BCUT2D eigenvalue weighted by atomic mass is 35.5. The van der Waals surface area contributed by atoms with E-state index in [-0.39, 0.29) is 6.79 Å². The normalized spacial score (nSPS) is 9.83. The van der Waals surface area contributed by atoms with Crippen molar-refractivity contribution in [3.63, 3.8) is 0 Å². The zero-order valence-corrected chi connectivity index (χ0v) is 7.60. The Morgan fingerprint density at radius 3 is 3.08 bits per heavy atom. The molecular weight excluding hydrogens is 176 g/mol. The van der Waals surface area contributed by atoms with Gasteiger partial charge in [0.1, 0.15) is 5.75 Å². The van der Waals surface area contributed by atoms with Crippen molar-refractivity contribution in [3.8, 4) is 5.75 Å². The van der Waals surface area contributed by atoms with Crippen LogP contribution in [0.15, 0.2) is 18.2 Å². The summed E-state index contributed by atoms with van der Waals surface area (Å²) in [5.74, 6) is 0.701. The maximum Gasteiger partial charge on any atom is 0.189 e. The molecule has 0 spiro atoms. The Labute approximate surface area is 77.1 Å². The van der Waals surface area contributed by atoms with Gasteiger partial charge in [-0.2, -0.15) is 0 Å². The average molecular weight is 186 g/mol. The van der Waals surface area contributed by atoms with Crippen molar-refractivity contribution in [3.05, 3.63) is 29.3 Å². The predicted molar refractivity (Wildman–Crippen MR) is 47.4 cm³/mol. The smallest absolute Gasteiger partial charge is 0.189 e. The van der Waals surface area contributed by atoms with E-state index >= 15 is 0 Å². The summed E-state index contributed by atoms with van der Waals surface area (Å²) in [4.78, 5) is 0. The van der Waals surface area contributed by atoms with Gasteiger partial charge in [0.15, 0.2) is 6.79 Å². The molecule has 1 aromatic carbocycles. The molecule has 12 heavy (non-hydrogen) atoms. The number of rotatable bonds is 4. The van der Waals surface area contributed by atoms with Gasteiger partial charge in [-0.25, -0.2) is 0 Å². The minimum Gasteiger partial charge on any atom is -0.468 e. The lowest BCUT2D eigenvalue weighted by atomic mass is 10.3. The summed E-state index contributed by atoms with van der Waals surface area (Å²) < 4.78 is 10.2. The predicted octanol–water partition coefficient (Wildman–Crippen LogP) is 2.51. The third kappa shape index (κ3) is 3.11. The SMILES string of the molecule is CCOCOc1cc[c]c(Cl)c1. The summed E-state index contributed by atoms with van der Waals surface area (Å²) in [5, 5.41) is 0.545. The summed E-state index contributed by atoms with van der Waals surface area (Å²) in [7, 11) is 0. The zero-order chi connectivity index (χ0) is 8.81. The van der Waals surface area contributed by atoms with E-state index in [1.54, 1.807) is 18.2 Å². The van der Waals surface area contributed by atoms with Gasteiger partial charge in [0.05, 0.1) is 5.02 Å². The summed E-state index contributed by atoms with van der Waals surface area (Å²) in [6.45, 7) is 2.82. The molecule has 3 heteroatoms. The first-order valence-corrected chi connectivity index (χ1v) is 4.08. The second-order valence-electron chi connectivity index (χ2n) is 2.13. The standard InChI is InChI=1S/C9H10ClO2/c1-2-11-7-12-9-5-3-4-8(10)6-9/h3,5-6H,2,7H2,1H3. The van der Waals surface area contributed by atoms with Gasteiger partial charge < -0.3 is 9.47 Å². The van der Waals surface area contributed by atoms with Gasteiger partial charge in [-0.15, -0.1) is 0 Å². The van der Waals surface area contributed by atoms with Crippen molar-refractivity contribution >= 4 is 11.6 Å². The molecule has 0 bridgehead atoms. The van der Waals surface area contributed by atoms with E-state index in [1.165, 1.54) is 0 Å². The van der Waals surface area contributed by atoms with E-state index in [0.717, 1.165) is 0 Å². The zero-order valence-electron chi connectivity index (χ0n) is 6.84. The van der Waals surface area contributed by atoms with Crippen molar-refractivity contribution in [1.82, 2.24) is 0 Å². The molecule has 0 saturated heterocycles. The molecule has 1 aromatic rings. The largest absolute Gasteiger partial charge is 0.468 e. The summed E-state index contributed by atoms with van der Waals surface area (Å²) in [6.07, 6.45) is 0. The Morgan fingerprint density at radius 1 is 1.58 bits per heavy atom. The van der Waals surface area contributed by atoms with Crippen molar-refractivity contribution in [2.75, 3.05) is 13.4 Å². The second-order valence-corrected chi connectivity index (χ2v) is 2.53. The van der Waals surface area contributed by atoms with E-state index < -0.39 is 0 Å². The third-order valence-corrected chi connectivity index (χ3v) is 1.47. The van der Waals surface area contributed by atoms with Crippen LogP contribution in [0.4, 0.5) is 0 Å². The molecule has 0 aliphatic rings. The third-order valence-electron chi connectivity index (χ3n) is 1.25. The van der Waals surface area contributed by atoms with E-state index in [0.29, 0.717) is 17.4 Å². The van der Waals surface area contributed by atoms with Crippen LogP contribution in [-0.4, -0.2) is 13.4 Å². The topological polar surface area (TPSA) is 18.5 Å². The maximum atomic E-state index is 5.68. The van der Waals surface area contributed by atoms with Crippen molar-refractivity contribution < 1.29 is 9.47 Å². The Morgan fingerprint density at radius 2 is 2.42 bits per heavy atom. The van der Waals surface area contributed by atoms with Crippen LogP contribution in [0.1, 0.15) is 6.92 Å². The summed E-state index contributed by atoms with van der Waals surface area (Å²) >= 11 is 5.68. The van der Waals surface area contributed by atoms with Crippen LogP contribution < -0.4 is 4.74 Å². The van der Waals surface area contributed by atoms with Gasteiger partial charge >= 0.3 is 0 Å². The Hall–Kier alpha value is -0.730. The lowest BCUT2D eigenvalue weighted by Crippen LogP contribution is -2.01. The minimum atomic E-state index is 0.261. The molecule has 0 saturated carbocycles. The van der Waals surface area contributed by atoms with Crippen molar-refractivity contribution in [2.24, 2.45) is 0 Å². The second kappa shape index (κ2) is 5.01. The van der Waals surface area contributed by atoms with Crippen LogP contribution in [0, 0.1) is 6.07 Å². The monoisotopic (exact) mass is 185 g/mol. The van der Waals surface area contributed by atoms with Gasteiger partial charge in [0, 0.05) is 12.7 Å². The fraction of sp³-hybridized carbons (Fsp3) is 0.333. The molecule has 0 aliphatic heterocycles. The number of hydrogen-bond acceptors (Lipinski definition) is 2. The van der Waals surface area contributed by atoms with E-state index in [1.807, 2.05) is 6.92 Å². The van der Waals surface area contributed by atoms with Crippen LogP contribution in [0.5, 0.6) is 5.75 Å². The van der Waals surface area contributed by atoms with Crippen molar-refractivity contribution in [2.45, 2.75) is 6.92 Å². The Bertz CT molecular complexity index is 238. The number of ether oxygens (including phenoxy) is 2. The molecule has 0 heterocycles. The summed E-state index contributed by atoms with van der Waals surface area (Å²) in [6, 6.07) is 8.00. The molecule has 0 unspecified atom stereocenters. The lowest BCUT2D eigenvalue weighted by Gasteiger charge is -2.04. The van der Waals surface area contributed by atoms with Crippen molar-refractivity contribution in [1.29, 1.82) is 0 Å². The van der Waals surface area contributed by atoms with Gasteiger partial charge in [0.25, 0.3) is 0 Å². The molecule has 0 N–H and O–H groups in total. The lowest BCUT2D eigenvalue weighted by molar-refractivity contribution is 0.0224. The molecule has 0 fully saturated rings. The molecule has 0 atom stereocenters. The number of halogens is 1. The van der Waals surface area contributed by atoms with E-state index in [2.05, 4.69) is 6.07 Å². The first kappa shape index (κ1) is 9.36. The maximum absolute atomic E-state index is 5.68. The Balaban J connectivity index is 2.41. The summed E-state index contributed by atoms with van der Waals surface area (Å²) in [5.41, 5.74) is 0. The van der Waals surface area contributed by atoms with Crippen LogP contribution in [0.25, 0.3) is 0 Å². The molecule has 1 rings (SSSR count). The minimum absolute atomic E-state index is 0.261. The molecule has 0 amide bonds. The van der Waals surface area contributed by atoms with E-state index in [9.17, 15) is 0 Å². The Kier molecular flexibility index (Phi) is 3.91. The molecular formula is C9H10ClO2. The van der Waals surface area contributed by atoms with Crippen LogP contribution in [0.3, 0.4) is 0 Å². The van der Waals surface area contributed by atoms with Gasteiger partial charge in [-0.1, -0.05) is 11.6 Å². The first-order chi connectivity index (χ1) is 5.83. The average Bonchev–Trinajstić information content (AvgIpc) is 2.05. The van der Waals surface area contributed by atoms with Gasteiger partial charge in [0.2, 0.25) is 0 Å². The molecule has 0 aliphatic carbocycles. The highest BCUT2D eigenvalue weighted by Crippen LogP contribution is 2.16. The molecule has 65 valence electrons. The van der Waals surface area contributed by atoms with Crippen LogP contribution in [-0.2, 0) is 4.74 Å². The number of hydrogen-bond donors (Lipinski definition) is 0. The fourth-order valence-corrected chi connectivity index (χ4v) is 0.871. The molecule has 1 radical (unpaired) electrons.